The maximum Gasteiger partial charge on any atom is 0.191 e. The molecule has 0 spiro atoms. The lowest BCUT2D eigenvalue weighted by molar-refractivity contribution is 0.136. The number of piperazine rings is 1. The van der Waals surface area contributed by atoms with Gasteiger partial charge in [0.15, 0.2) is 5.96 Å². The third-order valence-corrected chi connectivity index (χ3v) is 6.77. The van der Waals surface area contributed by atoms with Gasteiger partial charge in [0.25, 0.3) is 0 Å². The van der Waals surface area contributed by atoms with Crippen LogP contribution in [-0.2, 0) is 0 Å². The Morgan fingerprint density at radius 2 is 1.48 bits per heavy atom. The summed E-state index contributed by atoms with van der Waals surface area (Å²) in [5.74, 6) is 1.64. The Bertz CT molecular complexity index is 457. The Hall–Kier alpha value is -0.120. The minimum Gasteiger partial charge on any atom is -0.357 e. The van der Waals surface area contributed by atoms with Crippen molar-refractivity contribution in [2.45, 2.75) is 72.3 Å². The van der Waals surface area contributed by atoms with Gasteiger partial charge in [-0.05, 0) is 64.7 Å². The number of hydrogen-bond donors (Lipinski definition) is 2. The van der Waals surface area contributed by atoms with Crippen LogP contribution < -0.4 is 10.6 Å². The van der Waals surface area contributed by atoms with Crippen LogP contribution in [0.2, 0.25) is 0 Å². The van der Waals surface area contributed by atoms with Crippen molar-refractivity contribution in [3.05, 3.63) is 0 Å². The lowest BCUT2D eigenvalue weighted by Gasteiger charge is -2.34. The average molecular weight is 551 g/mol. The molecule has 0 aromatic carbocycles. The van der Waals surface area contributed by atoms with Gasteiger partial charge in [-0.3, -0.25) is 9.89 Å². The molecular weight excluding hydrogens is 499 g/mol. The largest absolute Gasteiger partial charge is 0.357 e. The van der Waals surface area contributed by atoms with Gasteiger partial charge >= 0.3 is 0 Å². The van der Waals surface area contributed by atoms with E-state index in [0.29, 0.717) is 12.0 Å². The highest BCUT2D eigenvalue weighted by molar-refractivity contribution is 14.0. The average Bonchev–Trinajstić information content (AvgIpc) is 3.03. The van der Waals surface area contributed by atoms with Crippen LogP contribution in [0.25, 0.3) is 0 Å². The molecule has 7 heteroatoms. The number of halogens is 1. The molecular formula is C24H51IN6. The van der Waals surface area contributed by atoms with Crippen LogP contribution in [-0.4, -0.2) is 98.7 Å². The second-order valence-electron chi connectivity index (χ2n) is 9.39. The zero-order valence-electron chi connectivity index (χ0n) is 20.9. The molecule has 6 nitrogen and oxygen atoms in total. The third kappa shape index (κ3) is 11.5. The molecule has 2 aliphatic rings. The van der Waals surface area contributed by atoms with E-state index in [9.17, 15) is 0 Å². The first-order valence-corrected chi connectivity index (χ1v) is 12.8. The van der Waals surface area contributed by atoms with E-state index in [1.165, 1.54) is 90.9 Å². The first-order chi connectivity index (χ1) is 14.6. The quantitative estimate of drug-likeness (QED) is 0.179. The number of likely N-dealkylation sites (tertiary alicyclic amines) is 1. The van der Waals surface area contributed by atoms with Gasteiger partial charge in [-0.25, -0.2) is 0 Å². The summed E-state index contributed by atoms with van der Waals surface area (Å²) in [6.45, 7) is 21.8. The highest BCUT2D eigenvalue weighted by Gasteiger charge is 2.22. The monoisotopic (exact) mass is 550 g/mol. The molecule has 2 aliphatic heterocycles. The fraction of sp³-hybridized carbons (Fsp3) is 0.958. The van der Waals surface area contributed by atoms with Crippen molar-refractivity contribution in [1.82, 2.24) is 25.3 Å². The highest BCUT2D eigenvalue weighted by atomic mass is 127. The van der Waals surface area contributed by atoms with Gasteiger partial charge in [-0.1, -0.05) is 33.6 Å². The first-order valence-electron chi connectivity index (χ1n) is 12.8. The Labute approximate surface area is 210 Å². The summed E-state index contributed by atoms with van der Waals surface area (Å²) in [6, 6.07) is 0.556. The number of likely N-dealkylation sites (N-methyl/N-ethyl adjacent to an activating group) is 1. The molecule has 0 aromatic rings. The van der Waals surface area contributed by atoms with Crippen LogP contribution in [0.15, 0.2) is 4.99 Å². The molecule has 2 saturated heterocycles. The van der Waals surface area contributed by atoms with Gasteiger partial charge in [-0.2, -0.15) is 0 Å². The predicted molar refractivity (Wildman–Crippen MR) is 146 cm³/mol. The maximum absolute atomic E-state index is 4.98. The number of aliphatic imine (C=N–C) groups is 1. The van der Waals surface area contributed by atoms with Crippen molar-refractivity contribution >= 4 is 29.9 Å². The van der Waals surface area contributed by atoms with E-state index in [1.807, 2.05) is 0 Å². The molecule has 0 aliphatic carbocycles. The molecule has 2 fully saturated rings. The first kappa shape index (κ1) is 28.9. The molecule has 0 aromatic heterocycles. The van der Waals surface area contributed by atoms with Crippen LogP contribution in [0, 0.1) is 5.92 Å². The minimum absolute atomic E-state index is 0. The van der Waals surface area contributed by atoms with Crippen molar-refractivity contribution in [3.63, 3.8) is 0 Å². The summed E-state index contributed by atoms with van der Waals surface area (Å²) in [7, 11) is 0. The molecule has 0 bridgehead atoms. The molecule has 1 atom stereocenters. The van der Waals surface area contributed by atoms with Crippen molar-refractivity contribution in [2.24, 2.45) is 10.9 Å². The van der Waals surface area contributed by atoms with Crippen LogP contribution in [0.3, 0.4) is 0 Å². The standard InChI is InChI=1S/C24H50N6.HI/c1-5-25-24(26-13-9-12-14-29-19-17-28(6-2)18-20-29)27-21-23(22(3)4)30-15-10-7-8-11-16-30;/h22-23H,5-21H2,1-4H3,(H2,25,26,27);1H. The highest BCUT2D eigenvalue weighted by Crippen LogP contribution is 2.17. The summed E-state index contributed by atoms with van der Waals surface area (Å²) in [5.41, 5.74) is 0. The van der Waals surface area contributed by atoms with E-state index >= 15 is 0 Å². The number of unbranched alkanes of at least 4 members (excludes halogenated alkanes) is 1. The Kier molecular flexibility index (Phi) is 16.2. The van der Waals surface area contributed by atoms with Crippen molar-refractivity contribution in [3.8, 4) is 0 Å². The van der Waals surface area contributed by atoms with Crippen molar-refractivity contribution in [1.29, 1.82) is 0 Å². The molecule has 2 rings (SSSR count). The fourth-order valence-electron chi connectivity index (χ4n) is 4.70. The molecule has 0 saturated carbocycles. The number of nitrogens with one attached hydrogen (secondary N) is 2. The minimum atomic E-state index is 0. The summed E-state index contributed by atoms with van der Waals surface area (Å²) in [6.07, 6.45) is 7.95. The SMILES string of the molecule is CCNC(=NCC(C(C)C)N1CCCCCC1)NCCCCN1CCN(CC)CC1.I. The second-order valence-corrected chi connectivity index (χ2v) is 9.39. The zero-order chi connectivity index (χ0) is 21.6. The van der Waals surface area contributed by atoms with Gasteiger partial charge in [0.2, 0.25) is 0 Å². The molecule has 184 valence electrons. The van der Waals surface area contributed by atoms with Crippen molar-refractivity contribution < 1.29 is 0 Å². The third-order valence-electron chi connectivity index (χ3n) is 6.77. The van der Waals surface area contributed by atoms with Gasteiger partial charge in [0.05, 0.1) is 6.54 Å². The summed E-state index contributed by atoms with van der Waals surface area (Å²) in [5, 5.41) is 7.03. The number of nitrogens with zero attached hydrogens (tertiary/aromatic N) is 4. The predicted octanol–water partition coefficient (Wildman–Crippen LogP) is 3.48. The molecule has 2 N–H and O–H groups in total. The van der Waals surface area contributed by atoms with E-state index in [2.05, 4.69) is 53.0 Å². The lowest BCUT2D eigenvalue weighted by atomic mass is 10.0. The van der Waals surface area contributed by atoms with Crippen LogP contribution in [0.1, 0.15) is 66.2 Å². The topological polar surface area (TPSA) is 46.1 Å². The van der Waals surface area contributed by atoms with Gasteiger partial charge in [-0.15, -0.1) is 24.0 Å². The van der Waals surface area contributed by atoms with E-state index in [4.69, 9.17) is 4.99 Å². The van der Waals surface area contributed by atoms with E-state index in [0.717, 1.165) is 25.6 Å². The van der Waals surface area contributed by atoms with Crippen LogP contribution in [0.4, 0.5) is 0 Å². The Morgan fingerprint density at radius 3 is 2.06 bits per heavy atom. The number of hydrogen-bond acceptors (Lipinski definition) is 4. The molecule has 0 radical (unpaired) electrons. The van der Waals surface area contributed by atoms with Crippen LogP contribution in [0.5, 0.6) is 0 Å². The van der Waals surface area contributed by atoms with E-state index in [1.54, 1.807) is 0 Å². The van der Waals surface area contributed by atoms with Crippen LogP contribution >= 0.6 is 24.0 Å². The van der Waals surface area contributed by atoms with Crippen molar-refractivity contribution in [2.75, 3.05) is 72.0 Å². The van der Waals surface area contributed by atoms with Gasteiger partial charge in [0, 0.05) is 45.3 Å². The van der Waals surface area contributed by atoms with Gasteiger partial charge in [0.1, 0.15) is 0 Å². The normalized spacial score (nSPS) is 20.9. The lowest BCUT2D eigenvalue weighted by Crippen LogP contribution is -2.46. The molecule has 0 amide bonds. The number of guanidine groups is 1. The summed E-state index contributed by atoms with van der Waals surface area (Å²) >= 11 is 0. The number of rotatable bonds is 11. The summed E-state index contributed by atoms with van der Waals surface area (Å²) in [4.78, 5) is 12.9. The Morgan fingerprint density at radius 1 is 0.839 bits per heavy atom. The molecule has 2 heterocycles. The molecule has 1 unspecified atom stereocenters. The summed E-state index contributed by atoms with van der Waals surface area (Å²) < 4.78 is 0. The smallest absolute Gasteiger partial charge is 0.191 e. The molecule has 31 heavy (non-hydrogen) atoms. The van der Waals surface area contributed by atoms with E-state index < -0.39 is 0 Å². The zero-order valence-corrected chi connectivity index (χ0v) is 23.2. The second kappa shape index (κ2) is 17.4. The maximum atomic E-state index is 4.98. The Balaban J connectivity index is 0.00000480. The van der Waals surface area contributed by atoms with Gasteiger partial charge < -0.3 is 20.4 Å². The fourth-order valence-corrected chi connectivity index (χ4v) is 4.70. The van der Waals surface area contributed by atoms with E-state index in [-0.39, 0.29) is 24.0 Å².